The molecule has 0 unspecified atom stereocenters. The van der Waals surface area contributed by atoms with E-state index in [0.29, 0.717) is 19.1 Å². The molecule has 2 aliphatic rings. The summed E-state index contributed by atoms with van der Waals surface area (Å²) in [5, 5.41) is 3.04. The fourth-order valence-corrected chi connectivity index (χ4v) is 5.43. The van der Waals surface area contributed by atoms with Crippen molar-refractivity contribution >= 4 is 33.5 Å². The predicted molar refractivity (Wildman–Crippen MR) is 148 cm³/mol. The van der Waals surface area contributed by atoms with E-state index in [1.165, 1.54) is 6.07 Å². The van der Waals surface area contributed by atoms with Gasteiger partial charge in [0.25, 0.3) is 16.0 Å². The number of Topliss-reactive ketones (excluding diaryl/α,β-unsaturated/α-hetero) is 1. The van der Waals surface area contributed by atoms with Crippen LogP contribution in [0.1, 0.15) is 77.9 Å². The highest BCUT2D eigenvalue weighted by Crippen LogP contribution is 2.43. The molecule has 6 N–H and O–H groups in total. The third-order valence-electron chi connectivity index (χ3n) is 7.07. The van der Waals surface area contributed by atoms with Gasteiger partial charge >= 0.3 is 12.1 Å². The second-order valence-corrected chi connectivity index (χ2v) is 12.9. The molecule has 1 aromatic carbocycles. The number of anilines is 1. The second kappa shape index (κ2) is 12.6. The van der Waals surface area contributed by atoms with Crippen LogP contribution in [0.25, 0.3) is 5.69 Å². The fraction of sp³-hybridized carbons (Fsp3) is 0.519. The molecular weight excluding hydrogens is 600 g/mol. The van der Waals surface area contributed by atoms with Gasteiger partial charge in [0.15, 0.2) is 5.78 Å². The number of rotatable bonds is 6. The molecule has 1 fully saturated rings. The van der Waals surface area contributed by atoms with Gasteiger partial charge < -0.3 is 26.1 Å². The highest BCUT2D eigenvalue weighted by molar-refractivity contribution is 7.85. The van der Waals surface area contributed by atoms with E-state index in [-0.39, 0.29) is 36.5 Å². The van der Waals surface area contributed by atoms with Crippen LogP contribution in [0.15, 0.2) is 18.3 Å². The van der Waals surface area contributed by atoms with E-state index in [1.807, 2.05) is 0 Å². The minimum absolute atomic E-state index is 0.0152. The number of ether oxygens (including phenoxy) is 1. The minimum atomic E-state index is -4.80. The Kier molecular flexibility index (Phi) is 9.98. The van der Waals surface area contributed by atoms with E-state index in [1.54, 1.807) is 13.8 Å². The first-order chi connectivity index (χ1) is 19.7. The van der Waals surface area contributed by atoms with Crippen LogP contribution < -0.4 is 16.8 Å². The molecule has 11 nitrogen and oxygen atoms in total. The van der Waals surface area contributed by atoms with Crippen LogP contribution in [-0.2, 0) is 32.2 Å². The number of halogens is 4. The molecular formula is C27H34F4N4O7S. The fourth-order valence-electron chi connectivity index (χ4n) is 5.43. The van der Waals surface area contributed by atoms with Gasteiger partial charge in [0.1, 0.15) is 11.9 Å². The average Bonchev–Trinajstić information content (AvgIpc) is 3.23. The number of hydrogen-bond acceptors (Lipinski definition) is 8. The van der Waals surface area contributed by atoms with E-state index in [2.05, 4.69) is 5.32 Å². The number of amides is 1. The first-order valence-electron chi connectivity index (χ1n) is 13.3. The quantitative estimate of drug-likeness (QED) is 0.209. The molecule has 1 saturated carbocycles. The maximum atomic E-state index is 15.3. The Morgan fingerprint density at radius 2 is 1.79 bits per heavy atom. The molecule has 1 heterocycles. The number of primary amides is 1. The minimum Gasteiger partial charge on any atom is -0.459 e. The highest BCUT2D eigenvalue weighted by atomic mass is 32.2. The van der Waals surface area contributed by atoms with Crippen molar-refractivity contribution in [2.24, 2.45) is 16.9 Å². The number of ketones is 1. The van der Waals surface area contributed by atoms with Crippen molar-refractivity contribution in [2.45, 2.75) is 70.7 Å². The van der Waals surface area contributed by atoms with E-state index >= 15 is 4.39 Å². The number of esters is 1. The van der Waals surface area contributed by atoms with Crippen molar-refractivity contribution in [2.75, 3.05) is 18.1 Å². The van der Waals surface area contributed by atoms with Crippen molar-refractivity contribution in [3.8, 4) is 5.69 Å². The summed E-state index contributed by atoms with van der Waals surface area (Å²) >= 11 is 0. The smallest absolute Gasteiger partial charge is 0.418 e. The number of nitrogens with one attached hydrogen (secondary N) is 1. The molecule has 0 radical (unpaired) electrons. The zero-order valence-corrected chi connectivity index (χ0v) is 24.6. The topological polar surface area (TPSA) is 184 Å². The molecule has 2 aliphatic carbocycles. The molecule has 0 aliphatic heterocycles. The van der Waals surface area contributed by atoms with Gasteiger partial charge in [-0.3, -0.25) is 18.9 Å². The van der Waals surface area contributed by atoms with E-state index in [9.17, 15) is 36.0 Å². The summed E-state index contributed by atoms with van der Waals surface area (Å²) in [7, 11) is -3.67. The third-order valence-corrected chi connectivity index (χ3v) is 7.07. The molecule has 4 rings (SSSR count). The van der Waals surface area contributed by atoms with Crippen molar-refractivity contribution in [3.63, 3.8) is 0 Å². The Bertz CT molecular complexity index is 1510. The summed E-state index contributed by atoms with van der Waals surface area (Å²) in [6, 6.07) is 1.73. The summed E-state index contributed by atoms with van der Waals surface area (Å²) in [5.74, 6) is -3.38. The number of alkyl halides is 3. The lowest BCUT2D eigenvalue weighted by Gasteiger charge is -2.33. The van der Waals surface area contributed by atoms with Crippen molar-refractivity contribution < 1.29 is 49.7 Å². The highest BCUT2D eigenvalue weighted by Gasteiger charge is 2.44. The standard InChI is InChI=1S/C26H30F4N4O4.CH4O3S/c1-25(2)9-18-22(19(35)10-25)14(26(28,29)30)12-34(18)13-7-15(27)23(24(32)37)17(8-13)33-16-5-3-4-6-20(16)38-21(36)11-31;1-5(2,3)4/h7-8,12,16,20,33H,3-6,9-11,31H2,1-2H3,(H2,32,37);1H3,(H,2,3,4)/t16-,20-;/m0./s1. The lowest BCUT2D eigenvalue weighted by atomic mass is 9.75. The first-order valence-corrected chi connectivity index (χ1v) is 15.1. The molecule has 2 atom stereocenters. The largest absolute Gasteiger partial charge is 0.459 e. The summed E-state index contributed by atoms with van der Waals surface area (Å²) in [6.45, 7) is 3.22. The predicted octanol–water partition coefficient (Wildman–Crippen LogP) is 3.62. The third kappa shape index (κ3) is 8.54. The molecule has 16 heteroatoms. The lowest BCUT2D eigenvalue weighted by molar-refractivity contribution is -0.149. The summed E-state index contributed by atoms with van der Waals surface area (Å²) in [6.07, 6.45) is -1.25. The molecule has 0 bridgehead atoms. The number of carbonyl (C=O) groups is 3. The molecule has 43 heavy (non-hydrogen) atoms. The van der Waals surface area contributed by atoms with Crippen molar-refractivity contribution in [1.82, 2.24) is 4.57 Å². The molecule has 0 saturated heterocycles. The van der Waals surface area contributed by atoms with Crippen LogP contribution in [0.4, 0.5) is 23.2 Å². The van der Waals surface area contributed by atoms with Gasteiger partial charge in [0.05, 0.1) is 46.9 Å². The van der Waals surface area contributed by atoms with E-state index in [0.717, 1.165) is 29.7 Å². The van der Waals surface area contributed by atoms with Crippen LogP contribution in [0.3, 0.4) is 0 Å². The second-order valence-electron chi connectivity index (χ2n) is 11.4. The average molecular weight is 635 g/mol. The molecule has 1 aromatic heterocycles. The van der Waals surface area contributed by atoms with Gasteiger partial charge in [0, 0.05) is 18.3 Å². The van der Waals surface area contributed by atoms with Gasteiger partial charge in [0.2, 0.25) is 0 Å². The van der Waals surface area contributed by atoms with Crippen LogP contribution in [0.2, 0.25) is 0 Å². The zero-order valence-electron chi connectivity index (χ0n) is 23.8. The molecule has 2 aromatic rings. The molecule has 238 valence electrons. The van der Waals surface area contributed by atoms with Gasteiger partial charge in [-0.25, -0.2) is 4.39 Å². The van der Waals surface area contributed by atoms with Crippen LogP contribution >= 0.6 is 0 Å². The number of benzene rings is 1. The Hall–Kier alpha value is -3.50. The number of aromatic nitrogens is 1. The van der Waals surface area contributed by atoms with Gasteiger partial charge in [-0.2, -0.15) is 21.6 Å². The van der Waals surface area contributed by atoms with Crippen LogP contribution in [0, 0.1) is 11.2 Å². The monoisotopic (exact) mass is 634 g/mol. The summed E-state index contributed by atoms with van der Waals surface area (Å²) in [5.41, 5.74) is 8.25. The van der Waals surface area contributed by atoms with Gasteiger partial charge in [-0.05, 0) is 43.2 Å². The molecule has 1 amide bonds. The van der Waals surface area contributed by atoms with Crippen molar-refractivity contribution in [3.05, 3.63) is 46.5 Å². The number of carbonyl (C=O) groups excluding carboxylic acids is 3. The summed E-state index contributed by atoms with van der Waals surface area (Å²) in [4.78, 5) is 36.8. The Balaban J connectivity index is 0.000000934. The Morgan fingerprint density at radius 3 is 2.35 bits per heavy atom. The van der Waals surface area contributed by atoms with Crippen molar-refractivity contribution in [1.29, 1.82) is 0 Å². The summed E-state index contributed by atoms with van der Waals surface area (Å²) < 4.78 is 89.5. The number of hydrogen-bond donors (Lipinski definition) is 4. The first kappa shape index (κ1) is 34.0. The number of nitrogens with two attached hydrogens (primary N) is 2. The SMILES string of the molecule is CC1(C)CC(=O)c2c(C(F)(F)F)cn(-c3cc(F)c(C(N)=O)c(N[C@H]4CCCC[C@@H]4OC(=O)CN)c3)c2C1.CS(=O)(=O)O. The van der Waals surface area contributed by atoms with E-state index in [4.69, 9.17) is 20.8 Å². The van der Waals surface area contributed by atoms with Gasteiger partial charge in [-0.1, -0.05) is 20.3 Å². The van der Waals surface area contributed by atoms with Crippen LogP contribution in [-0.4, -0.2) is 60.1 Å². The number of fused-ring (bicyclic) bond motifs is 1. The van der Waals surface area contributed by atoms with Gasteiger partial charge in [-0.15, -0.1) is 0 Å². The van der Waals surface area contributed by atoms with E-state index < -0.39 is 74.0 Å². The number of nitrogens with zero attached hydrogens (tertiary/aromatic N) is 1. The zero-order chi connectivity index (χ0) is 32.5. The van der Waals surface area contributed by atoms with Crippen LogP contribution in [0.5, 0.6) is 0 Å². The maximum Gasteiger partial charge on any atom is 0.418 e. The maximum absolute atomic E-state index is 15.3. The lowest BCUT2D eigenvalue weighted by Crippen LogP contribution is -2.41. The Labute approximate surface area is 245 Å². The normalized spacial score (nSPS) is 20.0. The molecule has 0 spiro atoms. The Morgan fingerprint density at radius 1 is 1.19 bits per heavy atom.